The molecule has 12 heteroatoms. The lowest BCUT2D eigenvalue weighted by Gasteiger charge is -2.19. The Bertz CT molecular complexity index is 1700. The van der Waals surface area contributed by atoms with Gasteiger partial charge in [-0.1, -0.05) is 24.6 Å². The monoisotopic (exact) mass is 631 g/mol. The van der Waals surface area contributed by atoms with Crippen LogP contribution in [0.2, 0.25) is 0 Å². The van der Waals surface area contributed by atoms with Crippen LogP contribution in [-0.4, -0.2) is 43.7 Å². The highest BCUT2D eigenvalue weighted by Gasteiger charge is 2.17. The zero-order valence-electron chi connectivity index (χ0n) is 25.4. The summed E-state index contributed by atoms with van der Waals surface area (Å²) < 4.78 is 27.8. The molecule has 236 valence electrons. The Hall–Kier alpha value is -4.81. The van der Waals surface area contributed by atoms with Crippen molar-refractivity contribution >= 4 is 57.0 Å². The average molecular weight is 632 g/mol. The van der Waals surface area contributed by atoms with Crippen molar-refractivity contribution in [2.75, 3.05) is 16.6 Å². The van der Waals surface area contributed by atoms with Crippen LogP contribution in [0.15, 0.2) is 72.9 Å². The molecule has 0 saturated heterocycles. The molecule has 2 amide bonds. The summed E-state index contributed by atoms with van der Waals surface area (Å²) in [4.78, 5) is 41.2. The number of ether oxygens (including phenoxy) is 1. The van der Waals surface area contributed by atoms with Gasteiger partial charge in [-0.15, -0.1) is 0 Å². The Morgan fingerprint density at radius 1 is 0.911 bits per heavy atom. The highest BCUT2D eigenvalue weighted by Crippen LogP contribution is 2.33. The van der Waals surface area contributed by atoms with E-state index in [0.29, 0.717) is 52.9 Å². The zero-order valence-corrected chi connectivity index (χ0v) is 26.2. The number of pyridine rings is 1. The number of nitrogens with zero attached hydrogens (tertiary/aromatic N) is 1. The summed E-state index contributed by atoms with van der Waals surface area (Å²) in [6.45, 7) is 6.04. The molecule has 45 heavy (non-hydrogen) atoms. The van der Waals surface area contributed by atoms with E-state index in [1.165, 1.54) is 6.20 Å². The molecule has 0 aliphatic carbocycles. The third-order valence-corrected chi connectivity index (χ3v) is 7.15. The van der Waals surface area contributed by atoms with E-state index in [1.807, 2.05) is 51.1 Å². The molecule has 0 radical (unpaired) electrons. The third-order valence-electron chi connectivity index (χ3n) is 6.74. The summed E-state index contributed by atoms with van der Waals surface area (Å²) >= 11 is -2.20. The molecule has 1 unspecified atom stereocenters. The number of anilines is 3. The number of fused-ring (bicyclic) bond motifs is 1. The molecule has 1 atom stereocenters. The average Bonchev–Trinajstić information content (AvgIpc) is 2.98. The number of unbranched alkanes of at least 4 members (excludes halogenated alkanes) is 2. The maximum atomic E-state index is 12.7. The van der Waals surface area contributed by atoms with Gasteiger partial charge in [0.25, 0.3) is 23.1 Å². The van der Waals surface area contributed by atoms with Gasteiger partial charge >= 0.3 is 5.97 Å². The van der Waals surface area contributed by atoms with Crippen LogP contribution in [0.25, 0.3) is 22.0 Å². The van der Waals surface area contributed by atoms with Crippen LogP contribution in [0.1, 0.15) is 67.2 Å². The highest BCUT2D eigenvalue weighted by molar-refractivity contribution is 7.80. The molecule has 0 bridgehead atoms. The number of rotatable bonds is 13. The highest BCUT2D eigenvalue weighted by atomic mass is 32.2. The summed E-state index contributed by atoms with van der Waals surface area (Å²) in [5.74, 6) is -1.04. The summed E-state index contributed by atoms with van der Waals surface area (Å²) in [6.07, 6.45) is 4.05. The van der Waals surface area contributed by atoms with Crippen molar-refractivity contribution in [1.82, 2.24) is 10.3 Å². The number of carbonyl (C=O) groups is 3. The molecule has 1 aromatic heterocycles. The van der Waals surface area contributed by atoms with Gasteiger partial charge in [-0.25, -0.2) is 4.21 Å². The maximum absolute atomic E-state index is 12.7. The molecule has 0 aliphatic heterocycles. The van der Waals surface area contributed by atoms with Crippen LogP contribution in [0.5, 0.6) is 0 Å². The molecular weight excluding hydrogens is 594 g/mol. The van der Waals surface area contributed by atoms with Crippen molar-refractivity contribution in [1.29, 1.82) is 0 Å². The van der Waals surface area contributed by atoms with E-state index in [0.717, 1.165) is 24.0 Å². The van der Waals surface area contributed by atoms with Crippen LogP contribution in [-0.2, 0) is 20.8 Å². The minimum Gasteiger partial charge on any atom is -0.460 e. The fourth-order valence-electron chi connectivity index (χ4n) is 4.64. The quantitative estimate of drug-likeness (QED) is 0.0686. The van der Waals surface area contributed by atoms with E-state index < -0.39 is 22.8 Å². The first-order chi connectivity index (χ1) is 21.4. The molecule has 4 rings (SSSR count). The predicted molar refractivity (Wildman–Crippen MR) is 176 cm³/mol. The van der Waals surface area contributed by atoms with Crippen LogP contribution < -0.4 is 21.1 Å². The maximum Gasteiger partial charge on any atom is 0.306 e. The molecule has 0 aliphatic rings. The number of hydrogen-bond donors (Lipinski definition) is 5. The number of hydrogen-bond acceptors (Lipinski definition) is 7. The molecule has 3 aromatic carbocycles. The SMILES string of the molecule is CC(C)(C)OC(=O)CCCCCNC(=O)c1ccc(-c2ccc3ncc(C(N)=O)c(Nc4ccc(NS(=O)O)cc4)c3c2)cc1. The molecule has 1 heterocycles. The third kappa shape index (κ3) is 9.59. The number of nitrogens with one attached hydrogen (secondary N) is 3. The van der Waals surface area contributed by atoms with Crippen molar-refractivity contribution in [2.24, 2.45) is 5.73 Å². The number of primary amides is 1. The van der Waals surface area contributed by atoms with Crippen molar-refractivity contribution in [3.05, 3.63) is 84.1 Å². The Labute approximate surface area is 264 Å². The number of esters is 1. The Morgan fingerprint density at radius 3 is 2.22 bits per heavy atom. The first-order valence-electron chi connectivity index (χ1n) is 14.5. The lowest BCUT2D eigenvalue weighted by atomic mass is 9.99. The van der Waals surface area contributed by atoms with Gasteiger partial charge in [-0.05, 0) is 93.3 Å². The standard InChI is InChI=1S/C33H37N5O6S/c1-33(2,3)44-29(39)7-5-4-6-18-35-32(41)22-10-8-21(9-11-22)23-12-17-28-26(19-23)30(27(20-36-28)31(34)40)37-24-13-15-25(16-14-24)38-45(42)43/h8-17,19-20,38H,4-7,18H2,1-3H3,(H2,34,40)(H,35,41)(H,36,37)(H,42,43). The molecule has 0 fully saturated rings. The number of nitrogens with two attached hydrogens (primary N) is 1. The Morgan fingerprint density at radius 2 is 1.58 bits per heavy atom. The predicted octanol–water partition coefficient (Wildman–Crippen LogP) is 5.92. The van der Waals surface area contributed by atoms with Crippen molar-refractivity contribution in [3.8, 4) is 11.1 Å². The summed E-state index contributed by atoms with van der Waals surface area (Å²) in [5, 5.41) is 6.83. The molecule has 4 aromatic rings. The molecule has 6 N–H and O–H groups in total. The topological polar surface area (TPSA) is 173 Å². The normalized spacial score (nSPS) is 11.9. The first kappa shape index (κ1) is 33.1. The van der Waals surface area contributed by atoms with Gasteiger partial charge in [0.1, 0.15) is 5.60 Å². The van der Waals surface area contributed by atoms with Gasteiger partial charge in [0.15, 0.2) is 0 Å². The van der Waals surface area contributed by atoms with E-state index in [1.54, 1.807) is 36.4 Å². The molecule has 11 nitrogen and oxygen atoms in total. The zero-order chi connectivity index (χ0) is 32.6. The second kappa shape index (κ2) is 14.8. The smallest absolute Gasteiger partial charge is 0.306 e. The van der Waals surface area contributed by atoms with Gasteiger partial charge in [0.2, 0.25) is 0 Å². The minimum absolute atomic E-state index is 0.180. The van der Waals surface area contributed by atoms with Gasteiger partial charge in [-0.2, -0.15) is 0 Å². The fraction of sp³-hybridized carbons (Fsp3) is 0.273. The van der Waals surface area contributed by atoms with Crippen molar-refractivity contribution in [2.45, 2.75) is 52.1 Å². The first-order valence-corrected chi connectivity index (χ1v) is 15.6. The summed E-state index contributed by atoms with van der Waals surface area (Å²) in [5.41, 5.74) is 9.81. The lowest BCUT2D eigenvalue weighted by Crippen LogP contribution is -2.24. The van der Waals surface area contributed by atoms with E-state index in [-0.39, 0.29) is 17.4 Å². The Kier molecular flexibility index (Phi) is 10.9. The second-order valence-corrected chi connectivity index (χ2v) is 12.1. The summed E-state index contributed by atoms with van der Waals surface area (Å²) in [6, 6.07) is 19.5. The van der Waals surface area contributed by atoms with E-state index in [4.69, 9.17) is 15.0 Å². The molecule has 0 spiro atoms. The molecular formula is C33H37N5O6S. The number of aromatic nitrogens is 1. The van der Waals surface area contributed by atoms with E-state index in [9.17, 15) is 18.6 Å². The fourth-order valence-corrected chi connectivity index (χ4v) is 4.98. The largest absolute Gasteiger partial charge is 0.460 e. The van der Waals surface area contributed by atoms with Crippen LogP contribution in [0, 0.1) is 0 Å². The second-order valence-electron chi connectivity index (χ2n) is 11.4. The number of amides is 2. The lowest BCUT2D eigenvalue weighted by molar-refractivity contribution is -0.154. The van der Waals surface area contributed by atoms with Crippen molar-refractivity contribution < 1.29 is 27.9 Å². The number of benzene rings is 3. The van der Waals surface area contributed by atoms with E-state index >= 15 is 0 Å². The van der Waals surface area contributed by atoms with Crippen LogP contribution in [0.4, 0.5) is 17.1 Å². The van der Waals surface area contributed by atoms with E-state index in [2.05, 4.69) is 20.3 Å². The number of carbonyl (C=O) groups excluding carboxylic acids is 3. The van der Waals surface area contributed by atoms with Crippen LogP contribution >= 0.6 is 0 Å². The molecule has 0 saturated carbocycles. The van der Waals surface area contributed by atoms with Crippen molar-refractivity contribution in [3.63, 3.8) is 0 Å². The summed E-state index contributed by atoms with van der Waals surface area (Å²) in [7, 11) is 0. The van der Waals surface area contributed by atoms with Gasteiger partial charge < -0.3 is 21.1 Å². The van der Waals surface area contributed by atoms with Gasteiger partial charge in [0, 0.05) is 41.5 Å². The van der Waals surface area contributed by atoms with Gasteiger partial charge in [0.05, 0.1) is 16.8 Å². The van der Waals surface area contributed by atoms with Gasteiger partial charge in [-0.3, -0.25) is 28.6 Å². The van der Waals surface area contributed by atoms with Crippen LogP contribution in [0.3, 0.4) is 0 Å². The Balaban J connectivity index is 1.43. The minimum atomic E-state index is -2.20.